The van der Waals surface area contributed by atoms with Gasteiger partial charge in [-0.3, -0.25) is 9.59 Å². The van der Waals surface area contributed by atoms with Crippen LogP contribution in [0.1, 0.15) is 29.2 Å². The maximum absolute atomic E-state index is 12.6. The van der Waals surface area contributed by atoms with E-state index >= 15 is 0 Å². The number of nitrogens with zero attached hydrogens (tertiary/aromatic N) is 1. The summed E-state index contributed by atoms with van der Waals surface area (Å²) >= 11 is 6.21. The van der Waals surface area contributed by atoms with Crippen LogP contribution in [0.2, 0.25) is 5.02 Å². The summed E-state index contributed by atoms with van der Waals surface area (Å²) in [6, 6.07) is 13.3. The van der Waals surface area contributed by atoms with Gasteiger partial charge in [0.05, 0.1) is 12.1 Å². The molecule has 134 valence electrons. The van der Waals surface area contributed by atoms with E-state index in [-0.39, 0.29) is 18.0 Å². The Morgan fingerprint density at radius 2 is 1.77 bits per heavy atom. The molecular formula is C21H21ClN2O2. The van der Waals surface area contributed by atoms with Crippen molar-refractivity contribution in [1.29, 1.82) is 0 Å². The summed E-state index contributed by atoms with van der Waals surface area (Å²) in [6.45, 7) is 6.10. The predicted molar refractivity (Wildman–Crippen MR) is 105 cm³/mol. The first-order chi connectivity index (χ1) is 12.4. The number of nitrogens with one attached hydrogen (secondary N) is 1. The average Bonchev–Trinajstić information content (AvgIpc) is 2.60. The molecule has 0 aliphatic carbocycles. The number of H-pyrrole nitrogens is 1. The number of pyridine rings is 1. The number of rotatable bonds is 4. The van der Waals surface area contributed by atoms with Crippen LogP contribution in [-0.2, 0) is 17.9 Å². The van der Waals surface area contributed by atoms with E-state index < -0.39 is 0 Å². The third kappa shape index (κ3) is 3.65. The zero-order valence-corrected chi connectivity index (χ0v) is 15.9. The lowest BCUT2D eigenvalue weighted by molar-refractivity contribution is -0.130. The number of hydrogen-bond donors (Lipinski definition) is 1. The molecule has 2 aromatic carbocycles. The molecule has 0 unspecified atom stereocenters. The molecule has 26 heavy (non-hydrogen) atoms. The van der Waals surface area contributed by atoms with Gasteiger partial charge in [0.2, 0.25) is 5.91 Å². The van der Waals surface area contributed by atoms with E-state index in [1.807, 2.05) is 50.2 Å². The maximum atomic E-state index is 12.6. The summed E-state index contributed by atoms with van der Waals surface area (Å²) in [5.41, 5.74) is 4.28. The summed E-state index contributed by atoms with van der Waals surface area (Å²) in [5, 5.41) is 1.57. The fraction of sp³-hybridized carbons (Fsp3) is 0.238. The van der Waals surface area contributed by atoms with Crippen LogP contribution >= 0.6 is 11.6 Å². The van der Waals surface area contributed by atoms with Crippen molar-refractivity contribution in [3.63, 3.8) is 0 Å². The van der Waals surface area contributed by atoms with Crippen LogP contribution in [0.5, 0.6) is 0 Å². The topological polar surface area (TPSA) is 53.2 Å². The minimum atomic E-state index is -0.170. The summed E-state index contributed by atoms with van der Waals surface area (Å²) in [4.78, 5) is 29.3. The van der Waals surface area contributed by atoms with E-state index in [2.05, 4.69) is 4.98 Å². The van der Waals surface area contributed by atoms with Crippen LogP contribution < -0.4 is 5.56 Å². The number of halogens is 1. The lowest BCUT2D eigenvalue weighted by Crippen LogP contribution is -2.30. The second-order valence-corrected chi connectivity index (χ2v) is 6.97. The molecule has 1 N–H and O–H groups in total. The molecule has 0 bridgehead atoms. The third-order valence-electron chi connectivity index (χ3n) is 4.75. The lowest BCUT2D eigenvalue weighted by atomic mass is 10.0. The highest BCUT2D eigenvalue weighted by atomic mass is 35.5. The van der Waals surface area contributed by atoms with Crippen molar-refractivity contribution in [1.82, 2.24) is 9.88 Å². The molecule has 0 saturated heterocycles. The fourth-order valence-electron chi connectivity index (χ4n) is 3.00. The van der Waals surface area contributed by atoms with E-state index in [4.69, 9.17) is 11.6 Å². The zero-order chi connectivity index (χ0) is 18.8. The Labute approximate surface area is 157 Å². The normalized spacial score (nSPS) is 10.9. The molecule has 0 atom stereocenters. The van der Waals surface area contributed by atoms with Crippen molar-refractivity contribution in [2.24, 2.45) is 0 Å². The van der Waals surface area contributed by atoms with Gasteiger partial charge in [-0.1, -0.05) is 41.9 Å². The van der Waals surface area contributed by atoms with Crippen molar-refractivity contribution in [2.75, 3.05) is 0 Å². The summed E-state index contributed by atoms with van der Waals surface area (Å²) in [5.74, 6) is -0.107. The summed E-state index contributed by atoms with van der Waals surface area (Å²) in [7, 11) is 0. The molecule has 0 fully saturated rings. The van der Waals surface area contributed by atoms with Crippen molar-refractivity contribution >= 4 is 28.4 Å². The van der Waals surface area contributed by atoms with Gasteiger partial charge in [-0.2, -0.15) is 0 Å². The second-order valence-electron chi connectivity index (χ2n) is 6.56. The van der Waals surface area contributed by atoms with E-state index in [1.165, 1.54) is 6.92 Å². The zero-order valence-electron chi connectivity index (χ0n) is 15.1. The first kappa shape index (κ1) is 18.2. The van der Waals surface area contributed by atoms with Crippen molar-refractivity contribution in [3.05, 3.63) is 80.1 Å². The van der Waals surface area contributed by atoms with Gasteiger partial charge in [0.1, 0.15) is 0 Å². The molecule has 0 saturated carbocycles. The highest BCUT2D eigenvalue weighted by Crippen LogP contribution is 2.21. The first-order valence-electron chi connectivity index (χ1n) is 8.48. The molecule has 1 amide bonds. The minimum absolute atomic E-state index is 0.107. The Morgan fingerprint density at radius 3 is 2.46 bits per heavy atom. The molecular weight excluding hydrogens is 348 g/mol. The summed E-state index contributed by atoms with van der Waals surface area (Å²) < 4.78 is 0. The SMILES string of the molecule is CC(=O)N(Cc1ccccc1Cl)Cc1cc2ccc(C)c(C)c2[nH]c1=O. The number of carbonyl (C=O) groups is 1. The van der Waals surface area contributed by atoms with Crippen LogP contribution in [0.4, 0.5) is 0 Å². The molecule has 1 heterocycles. The van der Waals surface area contributed by atoms with Gasteiger partial charge in [0.25, 0.3) is 5.56 Å². The lowest BCUT2D eigenvalue weighted by Gasteiger charge is -2.22. The standard InChI is InChI=1S/C21H21ClN2O2/c1-13-8-9-16-10-18(21(26)23-20(16)14(13)2)12-24(15(3)25)11-17-6-4-5-7-19(17)22/h4-10H,11-12H2,1-3H3,(H,23,26). The van der Waals surface area contributed by atoms with Gasteiger partial charge in [-0.15, -0.1) is 0 Å². The molecule has 0 aliphatic heterocycles. The number of fused-ring (bicyclic) bond motifs is 1. The van der Waals surface area contributed by atoms with Crippen LogP contribution in [0.15, 0.2) is 47.3 Å². The van der Waals surface area contributed by atoms with Crippen molar-refractivity contribution < 1.29 is 4.79 Å². The molecule has 0 aliphatic rings. The van der Waals surface area contributed by atoms with Gasteiger partial charge in [0.15, 0.2) is 0 Å². The molecule has 3 rings (SSSR count). The average molecular weight is 369 g/mol. The van der Waals surface area contributed by atoms with Gasteiger partial charge in [-0.05, 0) is 48.1 Å². The van der Waals surface area contributed by atoms with Crippen LogP contribution in [0, 0.1) is 13.8 Å². The van der Waals surface area contributed by atoms with E-state index in [0.29, 0.717) is 17.1 Å². The van der Waals surface area contributed by atoms with Gasteiger partial charge >= 0.3 is 0 Å². The smallest absolute Gasteiger partial charge is 0.253 e. The Hall–Kier alpha value is -2.59. The number of aromatic nitrogens is 1. The van der Waals surface area contributed by atoms with Crippen molar-refractivity contribution in [3.8, 4) is 0 Å². The predicted octanol–water partition coefficient (Wildman–Crippen LogP) is 4.35. The quantitative estimate of drug-likeness (QED) is 0.744. The largest absolute Gasteiger partial charge is 0.334 e. The van der Waals surface area contributed by atoms with E-state index in [9.17, 15) is 9.59 Å². The van der Waals surface area contributed by atoms with E-state index in [0.717, 1.165) is 27.6 Å². The van der Waals surface area contributed by atoms with Crippen molar-refractivity contribution in [2.45, 2.75) is 33.9 Å². The van der Waals surface area contributed by atoms with Crippen LogP contribution in [0.3, 0.4) is 0 Å². The summed E-state index contributed by atoms with van der Waals surface area (Å²) in [6.07, 6.45) is 0. The minimum Gasteiger partial charge on any atom is -0.334 e. The van der Waals surface area contributed by atoms with Gasteiger partial charge in [-0.25, -0.2) is 0 Å². The highest BCUT2D eigenvalue weighted by molar-refractivity contribution is 6.31. The number of carbonyl (C=O) groups excluding carboxylic acids is 1. The Bertz CT molecular complexity index is 1040. The van der Waals surface area contributed by atoms with Gasteiger partial charge < -0.3 is 9.88 Å². The maximum Gasteiger partial charge on any atom is 0.253 e. The number of benzene rings is 2. The number of aromatic amines is 1. The molecule has 4 nitrogen and oxygen atoms in total. The second kappa shape index (κ2) is 7.34. The number of hydrogen-bond acceptors (Lipinski definition) is 2. The molecule has 0 radical (unpaired) electrons. The Morgan fingerprint density at radius 1 is 1.08 bits per heavy atom. The van der Waals surface area contributed by atoms with E-state index in [1.54, 1.807) is 11.0 Å². The van der Waals surface area contributed by atoms with Crippen LogP contribution in [-0.4, -0.2) is 15.8 Å². The Balaban J connectivity index is 1.96. The fourth-order valence-corrected chi connectivity index (χ4v) is 3.20. The molecule has 5 heteroatoms. The van der Waals surface area contributed by atoms with Gasteiger partial charge in [0, 0.05) is 24.1 Å². The number of aryl methyl sites for hydroxylation is 2. The monoisotopic (exact) mass is 368 g/mol. The third-order valence-corrected chi connectivity index (χ3v) is 5.12. The van der Waals surface area contributed by atoms with Crippen LogP contribution in [0.25, 0.3) is 10.9 Å². The Kier molecular flexibility index (Phi) is 5.14. The molecule has 0 spiro atoms. The molecule has 3 aromatic rings. The highest BCUT2D eigenvalue weighted by Gasteiger charge is 2.15. The first-order valence-corrected chi connectivity index (χ1v) is 8.85. The molecule has 1 aromatic heterocycles. The number of amides is 1.